The van der Waals surface area contributed by atoms with Crippen LogP contribution in [-0.2, 0) is 11.2 Å². The fraction of sp³-hybridized carbons (Fsp3) is 0.696. The molecule has 3 rings (SSSR count). The Morgan fingerprint density at radius 2 is 1.64 bits per heavy atom. The molecule has 0 aromatic heterocycles. The van der Waals surface area contributed by atoms with Crippen LogP contribution >= 0.6 is 0 Å². The number of amides is 1. The minimum absolute atomic E-state index is 0.323. The summed E-state index contributed by atoms with van der Waals surface area (Å²) in [6, 6.07) is 10.8. The first kappa shape index (κ1) is 18.5. The summed E-state index contributed by atoms with van der Waals surface area (Å²) in [6.07, 6.45) is 12.4. The number of hydrogen-bond donors (Lipinski definition) is 0. The van der Waals surface area contributed by atoms with Gasteiger partial charge in [-0.15, -0.1) is 0 Å². The highest BCUT2D eigenvalue weighted by atomic mass is 16.2. The molecule has 1 aromatic carbocycles. The Hall–Kier alpha value is -1.31. The van der Waals surface area contributed by atoms with E-state index in [0.717, 1.165) is 37.8 Å². The van der Waals surface area contributed by atoms with E-state index in [1.807, 2.05) is 0 Å². The fourth-order valence-electron chi connectivity index (χ4n) is 4.75. The van der Waals surface area contributed by atoms with Gasteiger partial charge in [-0.2, -0.15) is 0 Å². The van der Waals surface area contributed by atoms with Crippen molar-refractivity contribution in [2.75, 3.05) is 13.1 Å². The number of unbranched alkanes of at least 4 members (excludes halogenated alkanes) is 1. The molecule has 1 aliphatic heterocycles. The highest BCUT2D eigenvalue weighted by Crippen LogP contribution is 2.33. The first-order valence-electron chi connectivity index (χ1n) is 10.6. The lowest BCUT2D eigenvalue weighted by Gasteiger charge is -2.36. The number of carbonyl (C=O) groups is 1. The maximum atomic E-state index is 12.9. The first-order valence-corrected chi connectivity index (χ1v) is 10.6. The lowest BCUT2D eigenvalue weighted by molar-refractivity contribution is -0.138. The van der Waals surface area contributed by atoms with E-state index in [-0.39, 0.29) is 0 Å². The van der Waals surface area contributed by atoms with Gasteiger partial charge in [-0.25, -0.2) is 0 Å². The van der Waals surface area contributed by atoms with Gasteiger partial charge in [0.25, 0.3) is 0 Å². The molecule has 25 heavy (non-hydrogen) atoms. The van der Waals surface area contributed by atoms with E-state index in [2.05, 4.69) is 42.2 Å². The second kappa shape index (κ2) is 9.40. The van der Waals surface area contributed by atoms with Crippen LogP contribution in [0.2, 0.25) is 0 Å². The zero-order valence-electron chi connectivity index (χ0n) is 16.0. The Balaban J connectivity index is 1.40. The molecule has 1 aliphatic carbocycles. The van der Waals surface area contributed by atoms with Crippen LogP contribution in [0.4, 0.5) is 0 Å². The van der Waals surface area contributed by atoms with Crippen LogP contribution in [0, 0.1) is 17.8 Å². The number of piperidine rings is 1. The summed E-state index contributed by atoms with van der Waals surface area (Å²) in [5, 5.41) is 0. The highest BCUT2D eigenvalue weighted by molar-refractivity contribution is 5.79. The van der Waals surface area contributed by atoms with E-state index in [1.54, 1.807) is 0 Å². The summed E-state index contributed by atoms with van der Waals surface area (Å²) in [5.74, 6) is 2.42. The molecule has 0 unspecified atom stereocenters. The lowest BCUT2D eigenvalue weighted by Crippen LogP contribution is -2.43. The Kier molecular flexibility index (Phi) is 6.95. The van der Waals surface area contributed by atoms with Crippen molar-refractivity contribution in [1.82, 2.24) is 4.90 Å². The molecule has 2 aliphatic rings. The van der Waals surface area contributed by atoms with Crippen LogP contribution in [0.1, 0.15) is 70.3 Å². The van der Waals surface area contributed by atoms with Crippen LogP contribution in [0.25, 0.3) is 0 Å². The van der Waals surface area contributed by atoms with E-state index in [4.69, 9.17) is 0 Å². The van der Waals surface area contributed by atoms with E-state index < -0.39 is 0 Å². The van der Waals surface area contributed by atoms with Gasteiger partial charge in [0.2, 0.25) is 5.91 Å². The number of benzene rings is 1. The van der Waals surface area contributed by atoms with Crippen molar-refractivity contribution in [3.8, 4) is 0 Å². The summed E-state index contributed by atoms with van der Waals surface area (Å²) in [5.41, 5.74) is 1.44. The predicted octanol–water partition coefficient (Wildman–Crippen LogP) is 5.46. The quantitative estimate of drug-likeness (QED) is 0.672. The topological polar surface area (TPSA) is 20.3 Å². The van der Waals surface area contributed by atoms with Gasteiger partial charge in [0, 0.05) is 19.0 Å². The largest absolute Gasteiger partial charge is 0.342 e. The Morgan fingerprint density at radius 3 is 2.28 bits per heavy atom. The monoisotopic (exact) mass is 341 g/mol. The van der Waals surface area contributed by atoms with Crippen molar-refractivity contribution in [2.24, 2.45) is 17.8 Å². The number of nitrogens with zero attached hydrogens (tertiary/aromatic N) is 1. The summed E-state index contributed by atoms with van der Waals surface area (Å²) in [6.45, 7) is 4.23. The van der Waals surface area contributed by atoms with Crippen molar-refractivity contribution in [3.63, 3.8) is 0 Å². The molecule has 1 saturated carbocycles. The molecule has 138 valence electrons. The smallest absolute Gasteiger partial charge is 0.225 e. The van der Waals surface area contributed by atoms with Crippen molar-refractivity contribution in [1.29, 1.82) is 0 Å². The molecular formula is C23H35NO. The molecule has 0 spiro atoms. The number of rotatable bonds is 6. The molecule has 0 radical (unpaired) electrons. The molecule has 2 heteroatoms. The van der Waals surface area contributed by atoms with Gasteiger partial charge < -0.3 is 4.90 Å². The number of hydrogen-bond acceptors (Lipinski definition) is 1. The summed E-state index contributed by atoms with van der Waals surface area (Å²) < 4.78 is 0. The fourth-order valence-corrected chi connectivity index (χ4v) is 4.75. The van der Waals surface area contributed by atoms with Gasteiger partial charge >= 0.3 is 0 Å². The van der Waals surface area contributed by atoms with Gasteiger partial charge in [-0.3, -0.25) is 4.79 Å². The van der Waals surface area contributed by atoms with Crippen LogP contribution in [0.15, 0.2) is 30.3 Å². The SMILES string of the molecule is CCCCC1CCC(C(=O)N2CCC(Cc3ccccc3)CC2)CC1. The normalized spacial score (nSPS) is 25.1. The van der Waals surface area contributed by atoms with Gasteiger partial charge in [0.15, 0.2) is 0 Å². The van der Waals surface area contributed by atoms with Crippen LogP contribution in [0.3, 0.4) is 0 Å². The second-order valence-electron chi connectivity index (χ2n) is 8.32. The molecule has 0 bridgehead atoms. The molecule has 1 aromatic rings. The van der Waals surface area contributed by atoms with Gasteiger partial charge in [0.05, 0.1) is 0 Å². The Morgan fingerprint density at radius 1 is 0.960 bits per heavy atom. The predicted molar refractivity (Wildman–Crippen MR) is 104 cm³/mol. The standard InChI is InChI=1S/C23H35NO/c1-2-3-7-19-10-12-22(13-11-19)23(25)24-16-14-21(15-17-24)18-20-8-5-4-6-9-20/h4-6,8-9,19,21-22H,2-3,7,10-18H2,1H3. The molecular weight excluding hydrogens is 306 g/mol. The molecule has 2 fully saturated rings. The summed E-state index contributed by atoms with van der Waals surface area (Å²) in [4.78, 5) is 15.0. The second-order valence-corrected chi connectivity index (χ2v) is 8.32. The third kappa shape index (κ3) is 5.33. The van der Waals surface area contributed by atoms with E-state index in [9.17, 15) is 4.79 Å². The van der Waals surface area contributed by atoms with Crippen LogP contribution in [0.5, 0.6) is 0 Å². The van der Waals surface area contributed by atoms with E-state index in [1.165, 1.54) is 56.9 Å². The van der Waals surface area contributed by atoms with Crippen molar-refractivity contribution >= 4 is 5.91 Å². The zero-order chi connectivity index (χ0) is 17.5. The van der Waals surface area contributed by atoms with Crippen LogP contribution in [-0.4, -0.2) is 23.9 Å². The molecule has 2 nitrogen and oxygen atoms in total. The van der Waals surface area contributed by atoms with Gasteiger partial charge in [0.1, 0.15) is 0 Å². The summed E-state index contributed by atoms with van der Waals surface area (Å²) >= 11 is 0. The highest BCUT2D eigenvalue weighted by Gasteiger charge is 2.31. The van der Waals surface area contributed by atoms with Gasteiger partial charge in [-0.05, 0) is 62.3 Å². The third-order valence-electron chi connectivity index (χ3n) is 6.46. The first-order chi connectivity index (χ1) is 12.3. The molecule has 1 saturated heterocycles. The van der Waals surface area contributed by atoms with Crippen molar-refractivity contribution in [2.45, 2.75) is 71.1 Å². The maximum Gasteiger partial charge on any atom is 0.225 e. The van der Waals surface area contributed by atoms with Gasteiger partial charge in [-0.1, -0.05) is 56.5 Å². The third-order valence-corrected chi connectivity index (χ3v) is 6.46. The van der Waals surface area contributed by atoms with Crippen LogP contribution < -0.4 is 0 Å². The van der Waals surface area contributed by atoms with E-state index >= 15 is 0 Å². The zero-order valence-corrected chi connectivity index (χ0v) is 16.0. The maximum absolute atomic E-state index is 12.9. The minimum atomic E-state index is 0.323. The van der Waals surface area contributed by atoms with Crippen molar-refractivity contribution < 1.29 is 4.79 Å². The molecule has 0 N–H and O–H groups in total. The Labute approximate surface area is 154 Å². The Bertz CT molecular complexity index is 510. The molecule has 1 amide bonds. The number of likely N-dealkylation sites (tertiary alicyclic amines) is 1. The average molecular weight is 342 g/mol. The van der Waals surface area contributed by atoms with E-state index in [0.29, 0.717) is 11.8 Å². The summed E-state index contributed by atoms with van der Waals surface area (Å²) in [7, 11) is 0. The minimum Gasteiger partial charge on any atom is -0.342 e. The molecule has 1 heterocycles. The lowest BCUT2D eigenvalue weighted by atomic mass is 9.79. The van der Waals surface area contributed by atoms with Crippen molar-refractivity contribution in [3.05, 3.63) is 35.9 Å². The number of carbonyl (C=O) groups excluding carboxylic acids is 1. The molecule has 0 atom stereocenters. The average Bonchev–Trinajstić information content (AvgIpc) is 2.68.